The largest absolute Gasteiger partial charge is 0.457 e. The minimum Gasteiger partial charge on any atom is -0.457 e. The number of fused-ring (bicyclic) bond motifs is 4. The van der Waals surface area contributed by atoms with E-state index in [1.807, 2.05) is 60.7 Å². The van der Waals surface area contributed by atoms with Gasteiger partial charge in [0.25, 0.3) is 11.8 Å². The Balaban J connectivity index is 0.804. The van der Waals surface area contributed by atoms with Crippen molar-refractivity contribution < 1.29 is 28.3 Å². The van der Waals surface area contributed by atoms with Crippen molar-refractivity contribution in [2.24, 2.45) is 5.92 Å². The van der Waals surface area contributed by atoms with E-state index in [-0.39, 0.29) is 42.0 Å². The van der Waals surface area contributed by atoms with Gasteiger partial charge in [-0.3, -0.25) is 34.3 Å². The van der Waals surface area contributed by atoms with Crippen LogP contribution in [-0.2, 0) is 9.59 Å². The Morgan fingerprint density at radius 3 is 2.31 bits per heavy atom. The first-order valence-corrected chi connectivity index (χ1v) is 20.0. The van der Waals surface area contributed by atoms with Gasteiger partial charge in [0.15, 0.2) is 5.65 Å². The van der Waals surface area contributed by atoms with Gasteiger partial charge in [-0.15, -0.1) is 0 Å². The SMILES string of the molecule is Nc1ncnc2c1c(-c1ccc(Oc3ccccc3)cc1)nn2C1CCC(CN2C3CCC2CN(c2ccc4c(c2)C(=O)N(C2CCC(=O)NC2=O)C4=O)C3)CC1F. The first-order valence-electron chi connectivity index (χ1n) is 20.0. The number of piperazine rings is 1. The maximum absolute atomic E-state index is 16.4. The van der Waals surface area contributed by atoms with Crippen molar-refractivity contribution in [2.45, 2.75) is 75.3 Å². The van der Waals surface area contributed by atoms with Crippen LogP contribution in [0.25, 0.3) is 22.3 Å². The molecule has 5 aromatic rings. The first-order chi connectivity index (χ1) is 28.2. The van der Waals surface area contributed by atoms with Gasteiger partial charge in [-0.05, 0) is 99.0 Å². The molecule has 2 bridgehead atoms. The van der Waals surface area contributed by atoms with Gasteiger partial charge in [0.1, 0.15) is 41.6 Å². The second-order valence-electron chi connectivity index (χ2n) is 16.1. The number of amides is 4. The number of nitrogens with two attached hydrogens (primary N) is 1. The summed E-state index contributed by atoms with van der Waals surface area (Å²) in [5.41, 5.74) is 9.75. The molecule has 1 aliphatic carbocycles. The van der Waals surface area contributed by atoms with E-state index >= 15 is 4.39 Å². The third-order valence-electron chi connectivity index (χ3n) is 12.7. The van der Waals surface area contributed by atoms with Gasteiger partial charge in [-0.1, -0.05) is 18.2 Å². The summed E-state index contributed by atoms with van der Waals surface area (Å²) >= 11 is 0. The number of para-hydroxylation sites is 1. The Bertz CT molecular complexity index is 2450. The molecule has 0 radical (unpaired) electrons. The van der Waals surface area contributed by atoms with Gasteiger partial charge >= 0.3 is 0 Å². The number of aromatic nitrogens is 4. The zero-order valence-corrected chi connectivity index (χ0v) is 31.7. The summed E-state index contributed by atoms with van der Waals surface area (Å²) in [4.78, 5) is 65.6. The monoisotopic (exact) mass is 783 g/mol. The molecule has 3 aromatic carbocycles. The number of imide groups is 2. The van der Waals surface area contributed by atoms with Crippen LogP contribution in [0.15, 0.2) is 79.1 Å². The second-order valence-corrected chi connectivity index (χ2v) is 16.1. The van der Waals surface area contributed by atoms with Gasteiger partial charge in [-0.2, -0.15) is 5.10 Å². The summed E-state index contributed by atoms with van der Waals surface area (Å²) in [6.45, 7) is 2.32. The number of halogens is 1. The summed E-state index contributed by atoms with van der Waals surface area (Å²) in [6, 6.07) is 21.5. The zero-order valence-electron chi connectivity index (χ0n) is 31.7. The molecule has 15 heteroatoms. The molecule has 6 atom stereocenters. The molecule has 5 aliphatic rings. The molecule has 4 aliphatic heterocycles. The minimum atomic E-state index is -1.13. The number of carbonyl (C=O) groups is 4. The lowest BCUT2D eigenvalue weighted by Gasteiger charge is -2.44. The lowest BCUT2D eigenvalue weighted by atomic mass is 9.84. The number of nitrogens with zero attached hydrogens (tertiary/aromatic N) is 7. The van der Waals surface area contributed by atoms with Crippen LogP contribution in [0.3, 0.4) is 0 Å². The number of rotatable bonds is 8. The maximum atomic E-state index is 16.4. The summed E-state index contributed by atoms with van der Waals surface area (Å²) in [5.74, 6) is -0.153. The van der Waals surface area contributed by atoms with Gasteiger partial charge in [0.2, 0.25) is 11.8 Å². The number of ether oxygens (including phenoxy) is 1. The number of nitrogen functional groups attached to an aromatic ring is 1. The predicted molar refractivity (Wildman–Crippen MR) is 212 cm³/mol. The number of hydrogen-bond acceptors (Lipinski definition) is 11. The quantitative estimate of drug-likeness (QED) is 0.196. The van der Waals surface area contributed by atoms with Crippen molar-refractivity contribution in [3.8, 4) is 22.8 Å². The molecule has 6 unspecified atom stereocenters. The van der Waals surface area contributed by atoms with Crippen molar-refractivity contribution in [1.82, 2.24) is 34.9 Å². The lowest BCUT2D eigenvalue weighted by Crippen LogP contribution is -2.55. The second kappa shape index (κ2) is 14.3. The predicted octanol–water partition coefficient (Wildman–Crippen LogP) is 5.30. The molecule has 4 fully saturated rings. The molecule has 14 nitrogen and oxygen atoms in total. The number of carbonyl (C=O) groups excluding carboxylic acids is 4. The molecule has 10 rings (SSSR count). The van der Waals surface area contributed by atoms with E-state index in [1.165, 1.54) is 6.33 Å². The highest BCUT2D eigenvalue weighted by atomic mass is 19.1. The van der Waals surface area contributed by atoms with Crippen molar-refractivity contribution in [3.63, 3.8) is 0 Å². The van der Waals surface area contributed by atoms with Crippen molar-refractivity contribution in [2.75, 3.05) is 30.3 Å². The van der Waals surface area contributed by atoms with Crippen molar-refractivity contribution >= 4 is 46.2 Å². The number of benzene rings is 3. The van der Waals surface area contributed by atoms with Gasteiger partial charge in [-0.25, -0.2) is 19.0 Å². The fourth-order valence-electron chi connectivity index (χ4n) is 9.81. The fraction of sp³-hybridized carbons (Fsp3) is 0.372. The average molecular weight is 784 g/mol. The van der Waals surface area contributed by atoms with Gasteiger partial charge < -0.3 is 15.4 Å². The van der Waals surface area contributed by atoms with Crippen LogP contribution in [0.5, 0.6) is 11.5 Å². The van der Waals surface area contributed by atoms with Crippen LogP contribution < -0.4 is 20.7 Å². The maximum Gasteiger partial charge on any atom is 0.262 e. The highest BCUT2D eigenvalue weighted by molar-refractivity contribution is 6.23. The number of hydrogen-bond donors (Lipinski definition) is 2. The van der Waals surface area contributed by atoms with Gasteiger partial charge in [0, 0.05) is 49.4 Å². The summed E-state index contributed by atoms with van der Waals surface area (Å²) in [5, 5.41) is 7.80. The Kier molecular flexibility index (Phi) is 8.92. The fourth-order valence-corrected chi connectivity index (χ4v) is 9.81. The molecule has 6 heterocycles. The molecule has 58 heavy (non-hydrogen) atoms. The normalized spacial score (nSPS) is 26.0. The molecule has 1 saturated carbocycles. The van der Waals surface area contributed by atoms with Crippen LogP contribution in [0.1, 0.15) is 71.7 Å². The summed E-state index contributed by atoms with van der Waals surface area (Å²) in [6.07, 6.45) is 4.41. The molecule has 2 aromatic heterocycles. The van der Waals surface area contributed by atoms with E-state index in [1.54, 1.807) is 16.8 Å². The number of piperidine rings is 1. The average Bonchev–Trinajstić information content (AvgIpc) is 3.80. The Hall–Kier alpha value is -6.22. The van der Waals surface area contributed by atoms with Gasteiger partial charge in [0.05, 0.1) is 22.6 Å². The van der Waals surface area contributed by atoms with Crippen LogP contribution in [0.4, 0.5) is 15.9 Å². The van der Waals surface area contributed by atoms with E-state index in [9.17, 15) is 19.2 Å². The minimum absolute atomic E-state index is 0.0749. The highest BCUT2D eigenvalue weighted by Gasteiger charge is 2.46. The molecule has 3 saturated heterocycles. The van der Waals surface area contributed by atoms with E-state index in [4.69, 9.17) is 15.6 Å². The third kappa shape index (κ3) is 6.24. The zero-order chi connectivity index (χ0) is 39.7. The summed E-state index contributed by atoms with van der Waals surface area (Å²) < 4.78 is 24.1. The molecule has 296 valence electrons. The van der Waals surface area contributed by atoms with Crippen LogP contribution in [0.2, 0.25) is 0 Å². The Labute approximate surface area is 333 Å². The topological polar surface area (TPSA) is 169 Å². The van der Waals surface area contributed by atoms with Crippen molar-refractivity contribution in [1.29, 1.82) is 0 Å². The standard InChI is InChI=1S/C43H42FN9O5/c44-33-18-24(6-15-34(33)53-40-37(39(45)46-23-47-40)38(49-53)25-7-12-30(13-8-25)58-29-4-2-1-3-5-29)20-51-27-9-10-28(51)22-50(21-27)26-11-14-31-32(19-26)43(57)52(42(31)56)35-16-17-36(54)48-41(35)55/h1-5,7-8,11-14,19,23-24,27-28,33-35H,6,9-10,15-18,20-22H2,(H2,45,46,47)(H,48,54,55). The van der Waals surface area contributed by atoms with E-state index in [0.29, 0.717) is 41.1 Å². The lowest BCUT2D eigenvalue weighted by molar-refractivity contribution is -0.136. The smallest absolute Gasteiger partial charge is 0.262 e. The van der Waals surface area contributed by atoms with Crippen LogP contribution >= 0.6 is 0 Å². The van der Waals surface area contributed by atoms with E-state index in [2.05, 4.69) is 25.1 Å². The molecular formula is C43H42FN9O5. The number of anilines is 2. The van der Waals surface area contributed by atoms with E-state index < -0.39 is 41.9 Å². The van der Waals surface area contributed by atoms with Crippen molar-refractivity contribution in [3.05, 3.63) is 90.3 Å². The number of alkyl halides is 1. The Morgan fingerprint density at radius 1 is 0.828 bits per heavy atom. The first kappa shape index (κ1) is 36.1. The molecular weight excluding hydrogens is 742 g/mol. The molecule has 3 N–H and O–H groups in total. The van der Waals surface area contributed by atoms with E-state index in [0.717, 1.165) is 60.8 Å². The van der Waals surface area contributed by atoms with Crippen LogP contribution in [0, 0.1) is 5.92 Å². The molecule has 0 spiro atoms. The third-order valence-corrected chi connectivity index (χ3v) is 12.7. The Morgan fingerprint density at radius 2 is 1.57 bits per heavy atom. The highest BCUT2D eigenvalue weighted by Crippen LogP contribution is 2.42. The number of nitrogens with one attached hydrogen (secondary N) is 1. The molecule has 4 amide bonds. The summed E-state index contributed by atoms with van der Waals surface area (Å²) in [7, 11) is 0. The van der Waals surface area contributed by atoms with Crippen LogP contribution in [-0.4, -0.2) is 97.1 Å².